The van der Waals surface area contributed by atoms with Gasteiger partial charge >= 0.3 is 0 Å². The van der Waals surface area contributed by atoms with E-state index in [1.807, 2.05) is 0 Å². The van der Waals surface area contributed by atoms with Gasteiger partial charge in [0, 0.05) is 32.9 Å². The van der Waals surface area contributed by atoms with Crippen LogP contribution in [0.15, 0.2) is 140 Å². The Balaban J connectivity index is 1.35. The summed E-state index contributed by atoms with van der Waals surface area (Å²) < 4.78 is 4.87. The van der Waals surface area contributed by atoms with Crippen LogP contribution in [0.1, 0.15) is 25.3 Å². The van der Waals surface area contributed by atoms with Crippen molar-refractivity contribution in [2.75, 3.05) is 0 Å². The molecule has 202 valence electrons. The summed E-state index contributed by atoms with van der Waals surface area (Å²) in [6.07, 6.45) is 3.62. The molecule has 0 aliphatic carbocycles. The van der Waals surface area contributed by atoms with Crippen molar-refractivity contribution in [2.24, 2.45) is 0 Å². The zero-order valence-corrected chi connectivity index (χ0v) is 23.8. The van der Waals surface area contributed by atoms with Crippen molar-refractivity contribution in [3.05, 3.63) is 145 Å². The number of benzene rings is 6. The highest BCUT2D eigenvalue weighted by Gasteiger charge is 2.20. The second-order valence-electron chi connectivity index (χ2n) is 11.2. The average Bonchev–Trinajstić information content (AvgIpc) is 3.57. The second kappa shape index (κ2) is 10.1. The molecule has 2 heteroatoms. The van der Waals surface area contributed by atoms with Crippen molar-refractivity contribution in [1.29, 1.82) is 0 Å². The molecular weight excluding hydrogens is 508 g/mol. The number of hydrogen-bond donors (Lipinski definition) is 0. The van der Waals surface area contributed by atoms with E-state index in [4.69, 9.17) is 0 Å². The van der Waals surface area contributed by atoms with E-state index in [2.05, 4.69) is 156 Å². The van der Waals surface area contributed by atoms with Crippen molar-refractivity contribution < 1.29 is 0 Å². The van der Waals surface area contributed by atoms with Crippen molar-refractivity contribution in [2.45, 2.75) is 26.2 Å². The molecule has 0 N–H and O–H groups in total. The Morgan fingerprint density at radius 2 is 1.05 bits per heavy atom. The highest BCUT2D eigenvalue weighted by molar-refractivity contribution is 6.26. The quantitative estimate of drug-likeness (QED) is 0.198. The Bertz CT molecular complexity index is 2200. The number of hydrogen-bond acceptors (Lipinski definition) is 0. The van der Waals surface area contributed by atoms with E-state index in [0.717, 1.165) is 6.42 Å². The van der Waals surface area contributed by atoms with Gasteiger partial charge in [0.1, 0.15) is 0 Å². The molecule has 0 aliphatic heterocycles. The van der Waals surface area contributed by atoms with Crippen LogP contribution >= 0.6 is 0 Å². The first-order chi connectivity index (χ1) is 20.8. The fraction of sp³-hybridized carbons (Fsp3) is 0.100. The van der Waals surface area contributed by atoms with E-state index >= 15 is 0 Å². The summed E-state index contributed by atoms with van der Waals surface area (Å²) in [6, 6.07) is 51.1. The third kappa shape index (κ3) is 3.87. The molecule has 0 fully saturated rings. The molecule has 0 unspecified atom stereocenters. The Morgan fingerprint density at radius 1 is 0.452 bits per heavy atom. The van der Waals surface area contributed by atoms with Gasteiger partial charge in [-0.3, -0.25) is 0 Å². The smallest absolute Gasteiger partial charge is 0.0641 e. The van der Waals surface area contributed by atoms with E-state index in [9.17, 15) is 0 Å². The lowest BCUT2D eigenvalue weighted by Crippen LogP contribution is -1.95. The summed E-state index contributed by atoms with van der Waals surface area (Å²) in [7, 11) is 0. The number of fused-ring (bicyclic) bond motifs is 7. The van der Waals surface area contributed by atoms with Gasteiger partial charge in [0.25, 0.3) is 0 Å². The predicted octanol–water partition coefficient (Wildman–Crippen LogP) is 10.9. The summed E-state index contributed by atoms with van der Waals surface area (Å²) in [5.41, 5.74) is 11.2. The minimum atomic E-state index is 1.15. The van der Waals surface area contributed by atoms with Gasteiger partial charge in [0.05, 0.1) is 22.1 Å². The minimum Gasteiger partial charge on any atom is -0.309 e. The van der Waals surface area contributed by atoms with Crippen LogP contribution in [-0.2, 0) is 6.42 Å². The first-order valence-corrected chi connectivity index (χ1v) is 15.0. The fourth-order valence-electron chi connectivity index (χ4n) is 6.68. The van der Waals surface area contributed by atoms with Gasteiger partial charge < -0.3 is 9.13 Å². The lowest BCUT2D eigenvalue weighted by Gasteiger charge is -2.11. The normalized spacial score (nSPS) is 11.7. The second-order valence-corrected chi connectivity index (χ2v) is 11.2. The molecule has 8 rings (SSSR count). The summed E-state index contributed by atoms with van der Waals surface area (Å²) in [5, 5.41) is 5.11. The molecule has 0 saturated carbocycles. The number of para-hydroxylation sites is 3. The van der Waals surface area contributed by atoms with Crippen LogP contribution in [0.3, 0.4) is 0 Å². The van der Waals surface area contributed by atoms with E-state index < -0.39 is 0 Å². The molecule has 0 aliphatic rings. The maximum Gasteiger partial charge on any atom is 0.0641 e. The van der Waals surface area contributed by atoms with Crippen molar-refractivity contribution in [3.63, 3.8) is 0 Å². The lowest BCUT2D eigenvalue weighted by molar-refractivity contribution is 0.795. The van der Waals surface area contributed by atoms with Gasteiger partial charge in [0.15, 0.2) is 0 Å². The monoisotopic (exact) mass is 540 g/mol. The van der Waals surface area contributed by atoms with Crippen LogP contribution in [0.5, 0.6) is 0 Å². The van der Waals surface area contributed by atoms with Gasteiger partial charge in [-0.05, 0) is 72.0 Å². The van der Waals surface area contributed by atoms with E-state index in [0.29, 0.717) is 0 Å². The largest absolute Gasteiger partial charge is 0.309 e. The first-order valence-electron chi connectivity index (χ1n) is 15.0. The zero-order chi connectivity index (χ0) is 28.0. The highest BCUT2D eigenvalue weighted by atomic mass is 15.0. The molecule has 0 atom stereocenters. The molecule has 0 amide bonds. The Labute approximate surface area is 246 Å². The molecule has 0 radical (unpaired) electrons. The van der Waals surface area contributed by atoms with Crippen LogP contribution in [0.4, 0.5) is 0 Å². The van der Waals surface area contributed by atoms with Gasteiger partial charge in [-0.2, -0.15) is 0 Å². The van der Waals surface area contributed by atoms with Crippen molar-refractivity contribution in [1.82, 2.24) is 9.13 Å². The van der Waals surface area contributed by atoms with Gasteiger partial charge in [-0.25, -0.2) is 0 Å². The van der Waals surface area contributed by atoms with Crippen molar-refractivity contribution in [3.8, 4) is 22.5 Å². The predicted molar refractivity (Wildman–Crippen MR) is 179 cm³/mol. The molecular formula is C40H32N2. The average molecular weight is 541 g/mol. The molecule has 6 aromatic carbocycles. The summed E-state index contributed by atoms with van der Waals surface area (Å²) in [4.78, 5) is 0. The van der Waals surface area contributed by atoms with Crippen LogP contribution in [0.2, 0.25) is 0 Å². The van der Waals surface area contributed by atoms with E-state index in [-0.39, 0.29) is 0 Å². The van der Waals surface area contributed by atoms with Crippen LogP contribution in [0.25, 0.3) is 66.1 Å². The number of aromatic nitrogens is 2. The number of unbranched alkanes of at least 4 members (excludes halogenated alkanes) is 1. The van der Waals surface area contributed by atoms with Crippen LogP contribution < -0.4 is 0 Å². The molecule has 2 aromatic heterocycles. The topological polar surface area (TPSA) is 9.86 Å². The van der Waals surface area contributed by atoms with E-state index in [1.54, 1.807) is 0 Å². The lowest BCUT2D eigenvalue weighted by atomic mass is 10.0. The first kappa shape index (κ1) is 24.7. The number of nitrogens with zero attached hydrogens (tertiary/aromatic N) is 2. The number of rotatable bonds is 6. The molecule has 0 saturated heterocycles. The molecule has 0 bridgehead atoms. The van der Waals surface area contributed by atoms with E-state index in [1.165, 1.54) is 84.5 Å². The SMILES string of the molecule is CCCCc1ccc(-c2ccc(-n3c4ccccc4c4c3ccc3c5ccccc5n(-c5ccccc5)c34)cc2)cc1. The summed E-state index contributed by atoms with van der Waals surface area (Å²) in [6.45, 7) is 2.25. The Morgan fingerprint density at radius 3 is 1.76 bits per heavy atom. The standard InChI is InChI=1S/C40H32N2/c1-2-3-11-28-18-20-29(21-19-28)30-22-24-32(25-23-30)41-37-17-10-8-15-35(37)39-38(41)27-26-34-33-14-7-9-16-36(33)42(40(34)39)31-12-5-4-6-13-31/h4-10,12-27H,2-3,11H2,1H3. The Hall–Kier alpha value is -5.08. The molecule has 8 aromatic rings. The molecule has 0 spiro atoms. The van der Waals surface area contributed by atoms with Crippen LogP contribution in [-0.4, -0.2) is 9.13 Å². The third-order valence-electron chi connectivity index (χ3n) is 8.72. The molecule has 42 heavy (non-hydrogen) atoms. The Kier molecular flexibility index (Phi) is 5.93. The summed E-state index contributed by atoms with van der Waals surface area (Å²) >= 11 is 0. The summed E-state index contributed by atoms with van der Waals surface area (Å²) in [5.74, 6) is 0. The maximum atomic E-state index is 2.44. The minimum absolute atomic E-state index is 1.15. The van der Waals surface area contributed by atoms with Gasteiger partial charge in [-0.15, -0.1) is 0 Å². The highest BCUT2D eigenvalue weighted by Crippen LogP contribution is 2.42. The fourth-order valence-corrected chi connectivity index (χ4v) is 6.68. The number of aryl methyl sites for hydroxylation is 1. The van der Waals surface area contributed by atoms with Crippen molar-refractivity contribution >= 4 is 43.6 Å². The van der Waals surface area contributed by atoms with Gasteiger partial charge in [-0.1, -0.05) is 110 Å². The third-order valence-corrected chi connectivity index (χ3v) is 8.72. The van der Waals surface area contributed by atoms with Crippen LogP contribution in [0, 0.1) is 0 Å². The zero-order valence-electron chi connectivity index (χ0n) is 23.8. The van der Waals surface area contributed by atoms with Gasteiger partial charge in [0.2, 0.25) is 0 Å². The molecule has 2 nitrogen and oxygen atoms in total. The molecule has 2 heterocycles. The maximum absolute atomic E-state index is 2.44.